The van der Waals surface area contributed by atoms with Crippen molar-refractivity contribution in [3.63, 3.8) is 0 Å². The van der Waals surface area contributed by atoms with Gasteiger partial charge in [0.25, 0.3) is 5.91 Å². The third-order valence-electron chi connectivity index (χ3n) is 6.22. The maximum absolute atomic E-state index is 13.5. The molecule has 1 aromatic heterocycles. The first-order valence-electron chi connectivity index (χ1n) is 12.2. The van der Waals surface area contributed by atoms with Crippen molar-refractivity contribution in [1.82, 2.24) is 14.6 Å². The fourth-order valence-electron chi connectivity index (χ4n) is 3.98. The molecule has 1 amide bonds. The minimum atomic E-state index is -3.88. The Kier molecular flexibility index (Phi) is 8.64. The topological polar surface area (TPSA) is 103 Å². The Hall–Kier alpha value is -4.32. The van der Waals surface area contributed by atoms with Crippen LogP contribution in [0.1, 0.15) is 45.5 Å². The standard InChI is InChI=1S/C30H28N4O3S/c1-23(27-7-3-2-4-8-27)19-33-30(35)28-13-9-25(10-14-28)21-34(22-26-6-5-17-32-20-26)38(36,37)29-15-11-24(18-31)12-16-29/h2-17,20,23H,19,21-22H2,1H3,(H,33,35). The number of benzene rings is 3. The summed E-state index contributed by atoms with van der Waals surface area (Å²) >= 11 is 0. The molecule has 0 aliphatic rings. The smallest absolute Gasteiger partial charge is 0.251 e. The molecule has 192 valence electrons. The van der Waals surface area contributed by atoms with Crippen LogP contribution >= 0.6 is 0 Å². The van der Waals surface area contributed by atoms with E-state index in [0.717, 1.165) is 16.7 Å². The highest BCUT2D eigenvalue weighted by Crippen LogP contribution is 2.22. The molecule has 1 heterocycles. The van der Waals surface area contributed by atoms with Crippen LogP contribution in [0.25, 0.3) is 0 Å². The van der Waals surface area contributed by atoms with Gasteiger partial charge in [0.1, 0.15) is 0 Å². The fourth-order valence-corrected chi connectivity index (χ4v) is 5.40. The molecule has 0 radical (unpaired) electrons. The molecule has 1 N–H and O–H groups in total. The van der Waals surface area contributed by atoms with Gasteiger partial charge in [-0.1, -0.05) is 55.5 Å². The average Bonchev–Trinajstić information content (AvgIpc) is 2.96. The highest BCUT2D eigenvalue weighted by Gasteiger charge is 2.25. The summed E-state index contributed by atoms with van der Waals surface area (Å²) in [6, 6.07) is 28.4. The van der Waals surface area contributed by atoms with E-state index in [2.05, 4.69) is 17.2 Å². The Balaban J connectivity index is 1.48. The lowest BCUT2D eigenvalue weighted by Crippen LogP contribution is -2.30. The first-order chi connectivity index (χ1) is 18.4. The minimum absolute atomic E-state index is 0.101. The van der Waals surface area contributed by atoms with Crippen molar-refractivity contribution in [3.8, 4) is 6.07 Å². The normalized spacial score (nSPS) is 12.0. The molecule has 0 spiro atoms. The van der Waals surface area contributed by atoms with Crippen LogP contribution in [0.15, 0.2) is 108 Å². The molecule has 1 atom stereocenters. The van der Waals surface area contributed by atoms with Crippen molar-refractivity contribution < 1.29 is 13.2 Å². The number of nitriles is 1. The van der Waals surface area contributed by atoms with E-state index in [9.17, 15) is 13.2 Å². The molecule has 0 bridgehead atoms. The maximum atomic E-state index is 13.5. The van der Waals surface area contributed by atoms with Gasteiger partial charge >= 0.3 is 0 Å². The van der Waals surface area contributed by atoms with Gasteiger partial charge in [0.05, 0.1) is 16.5 Å². The van der Waals surface area contributed by atoms with Crippen LogP contribution in [0.5, 0.6) is 0 Å². The molecule has 4 aromatic rings. The highest BCUT2D eigenvalue weighted by molar-refractivity contribution is 7.89. The Morgan fingerprint density at radius 1 is 0.921 bits per heavy atom. The molecule has 3 aromatic carbocycles. The van der Waals surface area contributed by atoms with Crippen LogP contribution < -0.4 is 5.32 Å². The molecule has 0 fully saturated rings. The number of hydrogen-bond acceptors (Lipinski definition) is 5. The Bertz CT molecular complexity index is 1500. The predicted molar refractivity (Wildman–Crippen MR) is 145 cm³/mol. The van der Waals surface area contributed by atoms with Crippen LogP contribution in [0.4, 0.5) is 0 Å². The zero-order valence-electron chi connectivity index (χ0n) is 21.0. The molecule has 7 nitrogen and oxygen atoms in total. The summed E-state index contributed by atoms with van der Waals surface area (Å²) in [4.78, 5) is 16.9. The number of nitrogens with one attached hydrogen (secondary N) is 1. The lowest BCUT2D eigenvalue weighted by Gasteiger charge is -2.22. The second-order valence-electron chi connectivity index (χ2n) is 8.99. The van der Waals surface area contributed by atoms with Crippen molar-refractivity contribution in [2.45, 2.75) is 30.8 Å². The summed E-state index contributed by atoms with van der Waals surface area (Å²) in [5.74, 6) is -0.00959. The maximum Gasteiger partial charge on any atom is 0.251 e. The molecule has 0 aliphatic carbocycles. The Morgan fingerprint density at radius 2 is 1.61 bits per heavy atom. The van der Waals surface area contributed by atoms with Gasteiger partial charge < -0.3 is 5.32 Å². The monoisotopic (exact) mass is 524 g/mol. The molecule has 1 unspecified atom stereocenters. The van der Waals surface area contributed by atoms with Crippen LogP contribution in [-0.2, 0) is 23.1 Å². The molecular weight excluding hydrogens is 496 g/mol. The van der Waals surface area contributed by atoms with Gasteiger partial charge in [0.2, 0.25) is 10.0 Å². The number of hydrogen-bond donors (Lipinski definition) is 1. The first-order valence-corrected chi connectivity index (χ1v) is 13.6. The van der Waals surface area contributed by atoms with E-state index in [-0.39, 0.29) is 29.8 Å². The van der Waals surface area contributed by atoms with Crippen molar-refractivity contribution in [2.24, 2.45) is 0 Å². The summed E-state index contributed by atoms with van der Waals surface area (Å²) in [6.45, 7) is 2.79. The molecule has 0 saturated heterocycles. The van der Waals surface area contributed by atoms with Crippen LogP contribution in [0.3, 0.4) is 0 Å². The number of nitrogens with zero attached hydrogens (tertiary/aromatic N) is 3. The molecule has 8 heteroatoms. The SMILES string of the molecule is CC(CNC(=O)c1ccc(CN(Cc2cccnc2)S(=O)(=O)c2ccc(C#N)cc2)cc1)c1ccccc1. The van der Waals surface area contributed by atoms with Gasteiger partial charge in [0.15, 0.2) is 0 Å². The number of carbonyl (C=O) groups excluding carboxylic acids is 1. The highest BCUT2D eigenvalue weighted by atomic mass is 32.2. The number of rotatable bonds is 10. The number of pyridine rings is 1. The van der Waals surface area contributed by atoms with E-state index >= 15 is 0 Å². The predicted octanol–water partition coefficient (Wildman–Crippen LogP) is 4.88. The molecule has 4 rings (SSSR count). The van der Waals surface area contributed by atoms with E-state index in [1.165, 1.54) is 28.6 Å². The van der Waals surface area contributed by atoms with Gasteiger partial charge in [-0.2, -0.15) is 9.57 Å². The van der Waals surface area contributed by atoms with Gasteiger partial charge in [0, 0.05) is 37.6 Å². The van der Waals surface area contributed by atoms with Gasteiger partial charge in [-0.3, -0.25) is 9.78 Å². The second-order valence-corrected chi connectivity index (χ2v) is 10.9. The van der Waals surface area contributed by atoms with Gasteiger partial charge in [-0.15, -0.1) is 0 Å². The van der Waals surface area contributed by atoms with Gasteiger partial charge in [-0.25, -0.2) is 8.42 Å². The first kappa shape index (κ1) is 26.7. The van der Waals surface area contributed by atoms with Gasteiger partial charge in [-0.05, 0) is 65.1 Å². The number of sulfonamides is 1. The van der Waals surface area contributed by atoms with Crippen LogP contribution in [0, 0.1) is 11.3 Å². The van der Waals surface area contributed by atoms with Crippen molar-refractivity contribution in [1.29, 1.82) is 5.26 Å². The molecule has 0 saturated carbocycles. The number of amides is 1. The number of aromatic nitrogens is 1. The second kappa shape index (κ2) is 12.3. The van der Waals surface area contributed by atoms with Crippen molar-refractivity contribution in [2.75, 3.05) is 6.54 Å². The molecule has 38 heavy (non-hydrogen) atoms. The summed E-state index contributed by atoms with van der Waals surface area (Å²) in [5.41, 5.74) is 3.52. The largest absolute Gasteiger partial charge is 0.351 e. The van der Waals surface area contributed by atoms with E-state index < -0.39 is 10.0 Å². The Morgan fingerprint density at radius 3 is 2.24 bits per heavy atom. The third kappa shape index (κ3) is 6.71. The summed E-state index contributed by atoms with van der Waals surface area (Å²) in [5, 5.41) is 12.0. The summed E-state index contributed by atoms with van der Waals surface area (Å²) in [6.07, 6.45) is 3.26. The third-order valence-corrected chi connectivity index (χ3v) is 8.02. The summed E-state index contributed by atoms with van der Waals surface area (Å²) in [7, 11) is -3.88. The van der Waals surface area contributed by atoms with E-state index in [0.29, 0.717) is 17.7 Å². The summed E-state index contributed by atoms with van der Waals surface area (Å²) < 4.78 is 28.4. The fraction of sp³-hybridized carbons (Fsp3) is 0.167. The van der Waals surface area contributed by atoms with E-state index in [1.54, 1.807) is 42.7 Å². The molecule has 0 aliphatic heterocycles. The lowest BCUT2D eigenvalue weighted by atomic mass is 10.0. The van der Waals surface area contributed by atoms with Crippen LogP contribution in [-0.4, -0.2) is 30.2 Å². The minimum Gasteiger partial charge on any atom is -0.351 e. The lowest BCUT2D eigenvalue weighted by molar-refractivity contribution is 0.0951. The Labute approximate surface area is 223 Å². The number of carbonyl (C=O) groups is 1. The quantitative estimate of drug-likeness (QED) is 0.319. The van der Waals surface area contributed by atoms with Crippen molar-refractivity contribution in [3.05, 3.63) is 131 Å². The van der Waals surface area contributed by atoms with Crippen molar-refractivity contribution >= 4 is 15.9 Å². The zero-order valence-corrected chi connectivity index (χ0v) is 21.8. The van der Waals surface area contributed by atoms with Crippen LogP contribution in [0.2, 0.25) is 0 Å². The molecular formula is C30H28N4O3S. The zero-order chi connectivity index (χ0) is 27.0. The van der Waals surface area contributed by atoms with E-state index in [4.69, 9.17) is 5.26 Å². The van der Waals surface area contributed by atoms with E-state index in [1.807, 2.05) is 42.5 Å². The average molecular weight is 525 g/mol.